The third-order valence-corrected chi connectivity index (χ3v) is 2.81. The van der Waals surface area contributed by atoms with Crippen LogP contribution in [0.4, 0.5) is 0 Å². The normalized spacial score (nSPS) is 13.1. The van der Waals surface area contributed by atoms with E-state index in [0.717, 1.165) is 6.42 Å². The van der Waals surface area contributed by atoms with Gasteiger partial charge in [-0.2, -0.15) is 5.26 Å². The number of carbonyl (C=O) groups is 1. The molecule has 0 heterocycles. The molecule has 5 heteroatoms. The number of amides is 1. The molecule has 1 amide bonds. The van der Waals surface area contributed by atoms with Gasteiger partial charge in [-0.15, -0.1) is 0 Å². The Hall–Kier alpha value is -2.06. The fourth-order valence-electron chi connectivity index (χ4n) is 1.70. The Bertz CT molecular complexity index is 482. The summed E-state index contributed by atoms with van der Waals surface area (Å²) in [6, 6.07) is 8.76. The van der Waals surface area contributed by atoms with Crippen molar-refractivity contribution in [3.8, 4) is 11.8 Å². The molecule has 2 atom stereocenters. The summed E-state index contributed by atoms with van der Waals surface area (Å²) in [5.74, 6) is 0.0691. The van der Waals surface area contributed by atoms with Crippen molar-refractivity contribution in [2.75, 3.05) is 6.54 Å². The number of hydrogen-bond donors (Lipinski definition) is 2. The Morgan fingerprint density at radius 2 is 2.20 bits per heavy atom. The van der Waals surface area contributed by atoms with Gasteiger partial charge in [0.1, 0.15) is 11.8 Å². The van der Waals surface area contributed by atoms with E-state index in [-0.39, 0.29) is 12.5 Å². The zero-order valence-electron chi connectivity index (χ0n) is 11.8. The minimum Gasteiger partial charge on any atom is -0.480 e. The van der Waals surface area contributed by atoms with Gasteiger partial charge in [0, 0.05) is 6.54 Å². The maximum absolute atomic E-state index is 11.8. The molecule has 0 aliphatic rings. The molecule has 0 saturated heterocycles. The summed E-state index contributed by atoms with van der Waals surface area (Å²) in [6.45, 7) is 3.78. The Morgan fingerprint density at radius 1 is 1.50 bits per heavy atom. The summed E-state index contributed by atoms with van der Waals surface area (Å²) in [6.07, 6.45) is 0.242. The molecule has 108 valence electrons. The summed E-state index contributed by atoms with van der Waals surface area (Å²) in [4.78, 5) is 11.8. The smallest absolute Gasteiger partial charge is 0.260 e. The number of aliphatic hydroxyl groups excluding tert-OH is 1. The highest BCUT2D eigenvalue weighted by atomic mass is 16.5. The number of para-hydroxylation sites is 1. The van der Waals surface area contributed by atoms with Crippen LogP contribution in [0, 0.1) is 11.3 Å². The van der Waals surface area contributed by atoms with Crippen LogP contribution >= 0.6 is 0 Å². The molecule has 0 bridgehead atoms. The van der Waals surface area contributed by atoms with Crippen molar-refractivity contribution in [2.24, 2.45) is 0 Å². The summed E-state index contributed by atoms with van der Waals surface area (Å²) >= 11 is 0. The van der Waals surface area contributed by atoms with E-state index in [4.69, 9.17) is 10.00 Å². The molecule has 0 radical (unpaired) electrons. The standard InChI is InChI=1S/C15H20N2O3/c1-3-6-13(18)10-17-15(19)11(2)20-14-8-5-4-7-12(14)9-16/h4-5,7-8,11,13,18H,3,6,10H2,1-2H3,(H,17,19). The van der Waals surface area contributed by atoms with E-state index in [0.29, 0.717) is 17.7 Å². The van der Waals surface area contributed by atoms with Crippen molar-refractivity contribution >= 4 is 5.91 Å². The molecule has 0 fully saturated rings. The average molecular weight is 276 g/mol. The highest BCUT2D eigenvalue weighted by Crippen LogP contribution is 2.18. The zero-order valence-corrected chi connectivity index (χ0v) is 11.8. The molecule has 1 aromatic rings. The van der Waals surface area contributed by atoms with Gasteiger partial charge in [0.15, 0.2) is 6.10 Å². The lowest BCUT2D eigenvalue weighted by Crippen LogP contribution is -2.40. The predicted octanol–water partition coefficient (Wildman–Crippen LogP) is 1.60. The van der Waals surface area contributed by atoms with Gasteiger partial charge in [-0.1, -0.05) is 25.5 Å². The Morgan fingerprint density at radius 3 is 2.85 bits per heavy atom. The first-order valence-corrected chi connectivity index (χ1v) is 6.70. The second kappa shape index (κ2) is 8.18. The van der Waals surface area contributed by atoms with Crippen LogP contribution in [0.2, 0.25) is 0 Å². The first-order valence-electron chi connectivity index (χ1n) is 6.70. The van der Waals surface area contributed by atoms with Crippen LogP contribution in [0.3, 0.4) is 0 Å². The summed E-state index contributed by atoms with van der Waals surface area (Å²) < 4.78 is 5.47. The van der Waals surface area contributed by atoms with Gasteiger partial charge in [0.05, 0.1) is 11.7 Å². The number of nitrogens with one attached hydrogen (secondary N) is 1. The zero-order chi connectivity index (χ0) is 15.0. The van der Waals surface area contributed by atoms with E-state index in [1.54, 1.807) is 31.2 Å². The molecule has 1 aromatic carbocycles. The van der Waals surface area contributed by atoms with E-state index < -0.39 is 12.2 Å². The van der Waals surface area contributed by atoms with E-state index in [9.17, 15) is 9.90 Å². The minimum absolute atomic E-state index is 0.209. The van der Waals surface area contributed by atoms with Crippen molar-refractivity contribution in [3.63, 3.8) is 0 Å². The third kappa shape index (κ3) is 4.90. The fraction of sp³-hybridized carbons (Fsp3) is 0.467. The minimum atomic E-state index is -0.724. The Labute approximate surface area is 119 Å². The number of carbonyl (C=O) groups excluding carboxylic acids is 1. The van der Waals surface area contributed by atoms with Crippen molar-refractivity contribution in [3.05, 3.63) is 29.8 Å². The lowest BCUT2D eigenvalue weighted by Gasteiger charge is -2.17. The number of nitriles is 1. The molecule has 2 unspecified atom stereocenters. The lowest BCUT2D eigenvalue weighted by atomic mass is 10.2. The van der Waals surface area contributed by atoms with Gasteiger partial charge < -0.3 is 15.2 Å². The number of hydrogen-bond acceptors (Lipinski definition) is 4. The highest BCUT2D eigenvalue weighted by Gasteiger charge is 2.16. The maximum Gasteiger partial charge on any atom is 0.260 e. The number of nitrogens with zero attached hydrogens (tertiary/aromatic N) is 1. The van der Waals surface area contributed by atoms with Gasteiger partial charge in [0.25, 0.3) is 5.91 Å². The molecule has 0 spiro atoms. The predicted molar refractivity (Wildman–Crippen MR) is 75.2 cm³/mol. The van der Waals surface area contributed by atoms with Crippen LogP contribution in [0.1, 0.15) is 32.3 Å². The fourth-order valence-corrected chi connectivity index (χ4v) is 1.70. The third-order valence-electron chi connectivity index (χ3n) is 2.81. The van der Waals surface area contributed by atoms with E-state index >= 15 is 0 Å². The van der Waals surface area contributed by atoms with E-state index in [1.165, 1.54) is 0 Å². The van der Waals surface area contributed by atoms with Crippen molar-refractivity contribution in [1.82, 2.24) is 5.32 Å². The number of aliphatic hydroxyl groups is 1. The number of ether oxygens (including phenoxy) is 1. The van der Waals surface area contributed by atoms with Crippen LogP contribution in [-0.2, 0) is 4.79 Å². The first-order chi connectivity index (χ1) is 9.58. The van der Waals surface area contributed by atoms with Crippen LogP contribution in [0.5, 0.6) is 5.75 Å². The molecule has 2 N–H and O–H groups in total. The molecule has 0 aliphatic carbocycles. The van der Waals surface area contributed by atoms with Crippen LogP contribution in [0.25, 0.3) is 0 Å². The largest absolute Gasteiger partial charge is 0.480 e. The molecule has 1 rings (SSSR count). The topological polar surface area (TPSA) is 82.3 Å². The first kappa shape index (κ1) is 16.0. The SMILES string of the molecule is CCCC(O)CNC(=O)C(C)Oc1ccccc1C#N. The average Bonchev–Trinajstić information content (AvgIpc) is 2.45. The van der Waals surface area contributed by atoms with Crippen molar-refractivity contribution < 1.29 is 14.6 Å². The molecule has 0 aromatic heterocycles. The quantitative estimate of drug-likeness (QED) is 0.792. The van der Waals surface area contributed by atoms with Gasteiger partial charge in [-0.3, -0.25) is 4.79 Å². The van der Waals surface area contributed by atoms with E-state index in [1.807, 2.05) is 13.0 Å². The van der Waals surface area contributed by atoms with Crippen LogP contribution < -0.4 is 10.1 Å². The molecule has 0 aliphatic heterocycles. The molecule has 0 saturated carbocycles. The van der Waals surface area contributed by atoms with Gasteiger partial charge in [-0.25, -0.2) is 0 Å². The second-order valence-electron chi connectivity index (χ2n) is 4.56. The lowest BCUT2D eigenvalue weighted by molar-refractivity contribution is -0.127. The number of rotatable bonds is 7. The van der Waals surface area contributed by atoms with Gasteiger partial charge in [-0.05, 0) is 25.5 Å². The maximum atomic E-state index is 11.8. The van der Waals surface area contributed by atoms with E-state index in [2.05, 4.69) is 5.32 Å². The summed E-state index contributed by atoms with van der Waals surface area (Å²) in [7, 11) is 0. The Kier molecular flexibility index (Phi) is 6.54. The summed E-state index contributed by atoms with van der Waals surface area (Å²) in [5, 5.41) is 21.1. The molecular formula is C15H20N2O3. The van der Waals surface area contributed by atoms with Crippen molar-refractivity contribution in [1.29, 1.82) is 5.26 Å². The van der Waals surface area contributed by atoms with Crippen molar-refractivity contribution in [2.45, 2.75) is 38.9 Å². The van der Waals surface area contributed by atoms with Crippen LogP contribution in [-0.4, -0.2) is 29.8 Å². The number of benzene rings is 1. The Balaban J connectivity index is 2.52. The monoisotopic (exact) mass is 276 g/mol. The second-order valence-corrected chi connectivity index (χ2v) is 4.56. The molecular weight excluding hydrogens is 256 g/mol. The molecule has 5 nitrogen and oxygen atoms in total. The summed E-state index contributed by atoms with van der Waals surface area (Å²) in [5.41, 5.74) is 0.387. The van der Waals surface area contributed by atoms with Gasteiger partial charge >= 0.3 is 0 Å². The van der Waals surface area contributed by atoms with Gasteiger partial charge in [0.2, 0.25) is 0 Å². The molecule has 20 heavy (non-hydrogen) atoms. The highest BCUT2D eigenvalue weighted by molar-refractivity contribution is 5.80. The van der Waals surface area contributed by atoms with Crippen LogP contribution in [0.15, 0.2) is 24.3 Å².